The summed E-state index contributed by atoms with van der Waals surface area (Å²) in [4.78, 5) is 13.0. The zero-order valence-electron chi connectivity index (χ0n) is 9.18. The second kappa shape index (κ2) is 5.81. The molecule has 1 atom stereocenters. The monoisotopic (exact) mass is 238 g/mol. The fourth-order valence-electron chi connectivity index (χ4n) is 1.07. The van der Waals surface area contributed by atoms with Gasteiger partial charge in [-0.25, -0.2) is 0 Å². The van der Waals surface area contributed by atoms with Crippen molar-refractivity contribution in [3.8, 4) is 0 Å². The minimum absolute atomic E-state index is 0. The number of rotatable bonds is 2. The van der Waals surface area contributed by atoms with E-state index in [2.05, 4.69) is 0 Å². The summed E-state index contributed by atoms with van der Waals surface area (Å²) in [5, 5.41) is 0. The standard InChI is InChI=1S/C8H12N2O3S.Na/c1-9(2)8(11)7-4-6(14(12)13)5-10(7)3;/h4-5H,1-3H3,(H,12,13);/q;+1/p-1. The van der Waals surface area contributed by atoms with Gasteiger partial charge in [0, 0.05) is 32.2 Å². The molecule has 5 nitrogen and oxygen atoms in total. The Labute approximate surface area is 113 Å². The van der Waals surface area contributed by atoms with Crippen LogP contribution in [0.1, 0.15) is 10.5 Å². The number of carbonyl (C=O) groups is 1. The summed E-state index contributed by atoms with van der Waals surface area (Å²) in [6.45, 7) is 0. The maximum Gasteiger partial charge on any atom is 1.00 e. The van der Waals surface area contributed by atoms with Gasteiger partial charge in [0.1, 0.15) is 5.69 Å². The zero-order valence-corrected chi connectivity index (χ0v) is 12.0. The van der Waals surface area contributed by atoms with Crippen molar-refractivity contribution in [2.75, 3.05) is 14.1 Å². The molecule has 0 aliphatic carbocycles. The fraction of sp³-hybridized carbons (Fsp3) is 0.375. The van der Waals surface area contributed by atoms with Gasteiger partial charge >= 0.3 is 29.6 Å². The molecule has 0 saturated carbocycles. The van der Waals surface area contributed by atoms with E-state index in [1.165, 1.54) is 21.7 Å². The third-order valence-electron chi connectivity index (χ3n) is 1.80. The molecule has 78 valence electrons. The molecule has 1 heterocycles. The van der Waals surface area contributed by atoms with Crippen LogP contribution in [0.4, 0.5) is 0 Å². The van der Waals surface area contributed by atoms with Crippen LogP contribution >= 0.6 is 0 Å². The SMILES string of the molecule is CN(C)C(=O)c1cc(S(=O)[O-])cn1C.[Na+]. The predicted octanol–water partition coefficient (Wildman–Crippen LogP) is -3.03. The Kier molecular flexibility index (Phi) is 5.76. The molecule has 0 radical (unpaired) electrons. The van der Waals surface area contributed by atoms with Crippen LogP contribution in [0.3, 0.4) is 0 Å². The van der Waals surface area contributed by atoms with Crippen LogP contribution in [0.15, 0.2) is 17.2 Å². The first kappa shape index (κ1) is 14.9. The number of hydrogen-bond donors (Lipinski definition) is 0. The first-order valence-corrected chi connectivity index (χ1v) is 4.98. The zero-order chi connectivity index (χ0) is 10.9. The maximum atomic E-state index is 11.5. The molecule has 0 N–H and O–H groups in total. The van der Waals surface area contributed by atoms with E-state index in [0.717, 1.165) is 0 Å². The smallest absolute Gasteiger partial charge is 0.768 e. The third kappa shape index (κ3) is 3.42. The molecule has 0 saturated heterocycles. The molecule has 1 aromatic heterocycles. The van der Waals surface area contributed by atoms with Gasteiger partial charge in [-0.2, -0.15) is 0 Å². The summed E-state index contributed by atoms with van der Waals surface area (Å²) < 4.78 is 22.7. The van der Waals surface area contributed by atoms with Crippen molar-refractivity contribution in [3.63, 3.8) is 0 Å². The van der Waals surface area contributed by atoms with Crippen molar-refractivity contribution in [1.82, 2.24) is 9.47 Å². The average Bonchev–Trinajstić information content (AvgIpc) is 2.46. The minimum atomic E-state index is -2.29. The molecule has 0 aromatic carbocycles. The van der Waals surface area contributed by atoms with E-state index in [1.54, 1.807) is 21.1 Å². The fourth-order valence-corrected chi connectivity index (χ4v) is 1.52. The Morgan fingerprint density at radius 1 is 1.53 bits per heavy atom. The van der Waals surface area contributed by atoms with Gasteiger partial charge in [0.2, 0.25) is 0 Å². The quantitative estimate of drug-likeness (QED) is 0.406. The average molecular weight is 238 g/mol. The summed E-state index contributed by atoms with van der Waals surface area (Å²) >= 11 is -2.29. The Morgan fingerprint density at radius 2 is 2.07 bits per heavy atom. The number of hydrogen-bond acceptors (Lipinski definition) is 3. The topological polar surface area (TPSA) is 65.4 Å². The number of carbonyl (C=O) groups excluding carboxylic acids is 1. The maximum absolute atomic E-state index is 11.5. The number of aromatic nitrogens is 1. The van der Waals surface area contributed by atoms with E-state index in [9.17, 15) is 13.6 Å². The van der Waals surface area contributed by atoms with Gasteiger partial charge in [0.25, 0.3) is 5.91 Å². The first-order valence-electron chi connectivity index (χ1n) is 3.90. The number of aryl methyl sites for hydroxylation is 1. The summed E-state index contributed by atoms with van der Waals surface area (Å²) in [6, 6.07) is 1.35. The van der Waals surface area contributed by atoms with Crippen molar-refractivity contribution in [2.45, 2.75) is 4.90 Å². The molecule has 1 unspecified atom stereocenters. The van der Waals surface area contributed by atoms with Crippen LogP contribution in [0.5, 0.6) is 0 Å². The van der Waals surface area contributed by atoms with E-state index in [-0.39, 0.29) is 40.4 Å². The van der Waals surface area contributed by atoms with Crippen molar-refractivity contribution in [3.05, 3.63) is 18.0 Å². The Hall–Kier alpha value is -0.140. The molecule has 1 aromatic rings. The van der Waals surface area contributed by atoms with Crippen LogP contribution in [-0.4, -0.2) is 38.2 Å². The predicted molar refractivity (Wildman–Crippen MR) is 50.6 cm³/mol. The van der Waals surface area contributed by atoms with Gasteiger partial charge in [-0.05, 0) is 17.1 Å². The minimum Gasteiger partial charge on any atom is -0.768 e. The second-order valence-corrected chi connectivity index (χ2v) is 4.05. The normalized spacial score (nSPS) is 11.7. The summed E-state index contributed by atoms with van der Waals surface area (Å²) in [6.07, 6.45) is 1.40. The van der Waals surface area contributed by atoms with Crippen LogP contribution in [0.2, 0.25) is 0 Å². The molecule has 0 fully saturated rings. The Bertz CT molecular complexity index is 389. The summed E-state index contributed by atoms with van der Waals surface area (Å²) in [7, 11) is 4.86. The molecule has 0 aliphatic heterocycles. The molecule has 7 heteroatoms. The van der Waals surface area contributed by atoms with Crippen LogP contribution < -0.4 is 29.6 Å². The molecule has 0 spiro atoms. The van der Waals surface area contributed by atoms with Gasteiger partial charge in [0.05, 0.1) is 0 Å². The largest absolute Gasteiger partial charge is 1.00 e. The van der Waals surface area contributed by atoms with E-state index < -0.39 is 11.1 Å². The molecular weight excluding hydrogens is 227 g/mol. The van der Waals surface area contributed by atoms with Crippen LogP contribution in [0, 0.1) is 0 Å². The van der Waals surface area contributed by atoms with Crippen LogP contribution in [-0.2, 0) is 18.1 Å². The number of amides is 1. The van der Waals surface area contributed by atoms with E-state index >= 15 is 0 Å². The first-order chi connectivity index (χ1) is 6.43. The van der Waals surface area contributed by atoms with Crippen molar-refractivity contribution >= 4 is 17.0 Å². The van der Waals surface area contributed by atoms with Crippen molar-refractivity contribution in [2.24, 2.45) is 7.05 Å². The summed E-state index contributed by atoms with van der Waals surface area (Å²) in [5.41, 5.74) is 0.356. The molecule has 1 rings (SSSR count). The van der Waals surface area contributed by atoms with E-state index in [4.69, 9.17) is 0 Å². The number of nitrogens with zero attached hydrogens (tertiary/aromatic N) is 2. The van der Waals surface area contributed by atoms with Crippen LogP contribution in [0.25, 0.3) is 0 Å². The van der Waals surface area contributed by atoms with Gasteiger partial charge < -0.3 is 14.0 Å². The van der Waals surface area contributed by atoms with Crippen molar-refractivity contribution < 1.29 is 43.1 Å². The van der Waals surface area contributed by atoms with Gasteiger partial charge in [-0.15, -0.1) is 0 Å². The molecular formula is C8H11N2NaO3S. The Balaban J connectivity index is 0.00000196. The molecule has 1 amide bonds. The van der Waals surface area contributed by atoms with Gasteiger partial charge in [-0.1, -0.05) is 0 Å². The van der Waals surface area contributed by atoms with E-state index in [1.807, 2.05) is 0 Å². The van der Waals surface area contributed by atoms with Crippen molar-refractivity contribution in [1.29, 1.82) is 0 Å². The third-order valence-corrected chi connectivity index (χ3v) is 2.41. The second-order valence-electron chi connectivity index (χ2n) is 3.11. The molecule has 15 heavy (non-hydrogen) atoms. The Morgan fingerprint density at radius 3 is 2.40 bits per heavy atom. The summed E-state index contributed by atoms with van der Waals surface area (Å²) in [5.74, 6) is -0.218. The van der Waals surface area contributed by atoms with Gasteiger partial charge in [0.15, 0.2) is 0 Å². The van der Waals surface area contributed by atoms with Gasteiger partial charge in [-0.3, -0.25) is 9.00 Å². The molecule has 0 aliphatic rings. The molecule has 0 bridgehead atoms. The van der Waals surface area contributed by atoms with E-state index in [0.29, 0.717) is 5.69 Å².